The Hall–Kier alpha value is -2.12. The van der Waals surface area contributed by atoms with Gasteiger partial charge in [-0.3, -0.25) is 0 Å². The Balaban J connectivity index is 2.04. The highest BCUT2D eigenvalue weighted by Gasteiger charge is 2.19. The number of aryl methyl sites for hydroxylation is 1. The largest absolute Gasteiger partial charge is 0.374 e. The standard InChI is InChI=1S/C11H15FN6O/c1-2-3-4-5-6-9-10(12)18(16-14-9)11(19)17-8-7-13-15-17/h7-8H,2-6H2,1H3. The normalized spacial score (nSPS) is 10.8. The van der Waals surface area contributed by atoms with Crippen LogP contribution in [0.15, 0.2) is 12.4 Å². The Morgan fingerprint density at radius 2 is 2.16 bits per heavy atom. The van der Waals surface area contributed by atoms with Crippen LogP contribution in [0.2, 0.25) is 0 Å². The first-order valence-electron chi connectivity index (χ1n) is 6.25. The van der Waals surface area contributed by atoms with Crippen molar-refractivity contribution in [2.24, 2.45) is 0 Å². The van der Waals surface area contributed by atoms with Crippen LogP contribution in [0.25, 0.3) is 0 Å². The van der Waals surface area contributed by atoms with E-state index in [0.29, 0.717) is 11.1 Å². The summed E-state index contributed by atoms with van der Waals surface area (Å²) in [6, 6.07) is -0.734. The molecule has 0 aromatic carbocycles. The van der Waals surface area contributed by atoms with E-state index in [4.69, 9.17) is 0 Å². The van der Waals surface area contributed by atoms with Crippen LogP contribution >= 0.6 is 0 Å². The summed E-state index contributed by atoms with van der Waals surface area (Å²) in [6.45, 7) is 2.10. The van der Waals surface area contributed by atoms with Crippen LogP contribution in [0.4, 0.5) is 9.18 Å². The van der Waals surface area contributed by atoms with E-state index in [9.17, 15) is 9.18 Å². The van der Waals surface area contributed by atoms with E-state index in [1.54, 1.807) is 0 Å². The summed E-state index contributed by atoms with van der Waals surface area (Å²) in [6.07, 6.45) is 7.20. The summed E-state index contributed by atoms with van der Waals surface area (Å²) in [5.41, 5.74) is 0.213. The lowest BCUT2D eigenvalue weighted by atomic mass is 10.1. The molecular weight excluding hydrogens is 251 g/mol. The third-order valence-corrected chi connectivity index (χ3v) is 2.75. The quantitative estimate of drug-likeness (QED) is 0.769. The molecule has 102 valence electrons. The van der Waals surface area contributed by atoms with Crippen molar-refractivity contribution in [3.63, 3.8) is 0 Å². The average molecular weight is 266 g/mol. The summed E-state index contributed by atoms with van der Waals surface area (Å²) in [7, 11) is 0. The number of aromatic nitrogens is 6. The summed E-state index contributed by atoms with van der Waals surface area (Å²) >= 11 is 0. The molecular formula is C11H15FN6O. The zero-order valence-electron chi connectivity index (χ0n) is 10.7. The smallest absolute Gasteiger partial charge is 0.243 e. The highest BCUT2D eigenvalue weighted by molar-refractivity contribution is 5.77. The molecule has 19 heavy (non-hydrogen) atoms. The van der Waals surface area contributed by atoms with E-state index in [1.807, 2.05) is 0 Å². The first-order chi connectivity index (χ1) is 9.24. The van der Waals surface area contributed by atoms with Crippen LogP contribution in [0, 0.1) is 5.95 Å². The minimum absolute atomic E-state index is 0.213. The molecule has 0 saturated carbocycles. The zero-order chi connectivity index (χ0) is 13.7. The molecule has 2 aromatic heterocycles. The van der Waals surface area contributed by atoms with Gasteiger partial charge in [-0.15, -0.1) is 14.9 Å². The third kappa shape index (κ3) is 3.01. The highest BCUT2D eigenvalue weighted by atomic mass is 19.1. The molecule has 0 aliphatic heterocycles. The van der Waals surface area contributed by atoms with Crippen molar-refractivity contribution in [3.05, 3.63) is 24.0 Å². The molecule has 0 aliphatic carbocycles. The lowest BCUT2D eigenvalue weighted by molar-refractivity contribution is 0.233. The molecule has 7 nitrogen and oxygen atoms in total. The molecule has 2 heterocycles. The lowest BCUT2D eigenvalue weighted by Crippen LogP contribution is -2.23. The molecule has 0 radical (unpaired) electrons. The fraction of sp³-hybridized carbons (Fsp3) is 0.545. The third-order valence-electron chi connectivity index (χ3n) is 2.75. The number of hydrogen-bond acceptors (Lipinski definition) is 5. The summed E-state index contributed by atoms with van der Waals surface area (Å²) < 4.78 is 15.4. The molecule has 2 rings (SSSR count). The molecule has 8 heteroatoms. The number of halogens is 1. The van der Waals surface area contributed by atoms with Gasteiger partial charge in [-0.1, -0.05) is 36.6 Å². The maximum Gasteiger partial charge on any atom is 0.374 e. The zero-order valence-corrected chi connectivity index (χ0v) is 10.7. The Morgan fingerprint density at radius 1 is 1.32 bits per heavy atom. The van der Waals surface area contributed by atoms with E-state index in [1.165, 1.54) is 12.4 Å². The van der Waals surface area contributed by atoms with Gasteiger partial charge in [0.2, 0.25) is 5.95 Å². The van der Waals surface area contributed by atoms with Gasteiger partial charge in [0.05, 0.1) is 12.4 Å². The van der Waals surface area contributed by atoms with Gasteiger partial charge in [-0.25, -0.2) is 4.79 Å². The number of hydrogen-bond donors (Lipinski definition) is 0. The first kappa shape index (κ1) is 13.3. The predicted octanol–water partition coefficient (Wildman–Crippen LogP) is 1.65. The molecule has 0 unspecified atom stereocenters. The van der Waals surface area contributed by atoms with Crippen molar-refractivity contribution in [2.45, 2.75) is 39.0 Å². The van der Waals surface area contributed by atoms with Gasteiger partial charge in [0.1, 0.15) is 5.69 Å². The van der Waals surface area contributed by atoms with E-state index >= 15 is 0 Å². The Bertz CT molecular complexity index is 535. The van der Waals surface area contributed by atoms with Crippen LogP contribution in [-0.2, 0) is 6.42 Å². The fourth-order valence-electron chi connectivity index (χ4n) is 1.70. The van der Waals surface area contributed by atoms with Crippen LogP contribution in [-0.4, -0.2) is 36.0 Å². The Kier molecular flexibility index (Phi) is 4.32. The number of rotatable bonds is 5. The van der Waals surface area contributed by atoms with E-state index in [0.717, 1.165) is 30.4 Å². The SMILES string of the molecule is CCCCCCc1nnn(C(=O)n2ccnn2)c1F. The van der Waals surface area contributed by atoms with Crippen molar-refractivity contribution in [1.29, 1.82) is 0 Å². The summed E-state index contributed by atoms with van der Waals surface area (Å²) in [4.78, 5) is 11.8. The molecule has 0 aliphatic rings. The maximum atomic E-state index is 13.9. The second-order valence-corrected chi connectivity index (χ2v) is 4.18. The Morgan fingerprint density at radius 3 is 2.84 bits per heavy atom. The van der Waals surface area contributed by atoms with E-state index < -0.39 is 12.0 Å². The van der Waals surface area contributed by atoms with Crippen molar-refractivity contribution in [3.8, 4) is 0 Å². The maximum absolute atomic E-state index is 13.9. The fourth-order valence-corrected chi connectivity index (χ4v) is 1.70. The highest BCUT2D eigenvalue weighted by Crippen LogP contribution is 2.09. The molecule has 0 N–H and O–H groups in total. The second kappa shape index (κ2) is 6.17. The number of unbranched alkanes of at least 4 members (excludes halogenated alkanes) is 3. The van der Waals surface area contributed by atoms with Crippen molar-refractivity contribution >= 4 is 6.03 Å². The molecule has 0 fully saturated rings. The topological polar surface area (TPSA) is 78.5 Å². The number of carbonyl (C=O) groups excluding carboxylic acids is 1. The predicted molar refractivity (Wildman–Crippen MR) is 64.0 cm³/mol. The molecule has 0 saturated heterocycles. The van der Waals surface area contributed by atoms with Crippen molar-refractivity contribution < 1.29 is 9.18 Å². The van der Waals surface area contributed by atoms with Gasteiger partial charge in [0.15, 0.2) is 0 Å². The van der Waals surface area contributed by atoms with Crippen molar-refractivity contribution in [2.75, 3.05) is 0 Å². The summed E-state index contributed by atoms with van der Waals surface area (Å²) in [5.74, 6) is -0.725. The van der Waals surface area contributed by atoms with Crippen LogP contribution < -0.4 is 0 Å². The number of nitrogens with zero attached hydrogens (tertiary/aromatic N) is 6. The van der Waals surface area contributed by atoms with Gasteiger partial charge in [0, 0.05) is 0 Å². The van der Waals surface area contributed by atoms with Crippen LogP contribution in [0.1, 0.15) is 38.3 Å². The minimum Gasteiger partial charge on any atom is -0.243 e. The monoisotopic (exact) mass is 266 g/mol. The molecule has 0 atom stereocenters. The van der Waals surface area contributed by atoms with Gasteiger partial charge < -0.3 is 0 Å². The first-order valence-corrected chi connectivity index (χ1v) is 6.25. The molecule has 0 spiro atoms. The average Bonchev–Trinajstić information content (AvgIpc) is 3.04. The van der Waals surface area contributed by atoms with E-state index in [2.05, 4.69) is 27.5 Å². The summed E-state index contributed by atoms with van der Waals surface area (Å²) in [5, 5.41) is 14.2. The minimum atomic E-state index is -0.734. The second-order valence-electron chi connectivity index (χ2n) is 4.18. The van der Waals surface area contributed by atoms with Gasteiger partial charge >= 0.3 is 6.03 Å². The molecule has 0 bridgehead atoms. The van der Waals surface area contributed by atoms with Crippen LogP contribution in [0.5, 0.6) is 0 Å². The molecule has 0 amide bonds. The van der Waals surface area contributed by atoms with Gasteiger partial charge in [-0.05, 0) is 12.8 Å². The lowest BCUT2D eigenvalue weighted by Gasteiger charge is -1.99. The van der Waals surface area contributed by atoms with Gasteiger partial charge in [-0.2, -0.15) is 9.07 Å². The van der Waals surface area contributed by atoms with Crippen LogP contribution in [0.3, 0.4) is 0 Å². The van der Waals surface area contributed by atoms with Gasteiger partial charge in [0.25, 0.3) is 0 Å². The van der Waals surface area contributed by atoms with E-state index in [-0.39, 0.29) is 5.69 Å². The molecule has 2 aromatic rings. The Labute approximate surface area is 109 Å². The van der Waals surface area contributed by atoms with Crippen molar-refractivity contribution in [1.82, 2.24) is 30.0 Å². The number of carbonyl (C=O) groups is 1.